The SMILES string of the molecule is Cc1c(Cl)csc1C(F)F. The van der Waals surface area contributed by atoms with Gasteiger partial charge in [-0.1, -0.05) is 11.6 Å². The van der Waals surface area contributed by atoms with Gasteiger partial charge in [0.15, 0.2) is 0 Å². The van der Waals surface area contributed by atoms with Crippen LogP contribution in [-0.4, -0.2) is 0 Å². The minimum atomic E-state index is -2.39. The van der Waals surface area contributed by atoms with Crippen LogP contribution in [0.15, 0.2) is 5.38 Å². The van der Waals surface area contributed by atoms with Crippen molar-refractivity contribution in [2.45, 2.75) is 13.3 Å². The monoisotopic (exact) mass is 182 g/mol. The van der Waals surface area contributed by atoms with E-state index in [1.165, 1.54) is 5.38 Å². The summed E-state index contributed by atoms with van der Waals surface area (Å²) >= 11 is 6.55. The van der Waals surface area contributed by atoms with Crippen molar-refractivity contribution in [2.24, 2.45) is 0 Å². The van der Waals surface area contributed by atoms with E-state index in [1.807, 2.05) is 0 Å². The number of rotatable bonds is 1. The Kier molecular flexibility index (Phi) is 2.26. The first-order valence-corrected chi connectivity index (χ1v) is 3.90. The van der Waals surface area contributed by atoms with Crippen molar-refractivity contribution < 1.29 is 8.78 Å². The highest BCUT2D eigenvalue weighted by atomic mass is 35.5. The van der Waals surface area contributed by atoms with Crippen molar-refractivity contribution >= 4 is 22.9 Å². The maximum atomic E-state index is 12.0. The average Bonchev–Trinajstić information content (AvgIpc) is 2.14. The summed E-state index contributed by atoms with van der Waals surface area (Å²) in [5, 5.41) is 1.96. The van der Waals surface area contributed by atoms with Crippen LogP contribution in [0.3, 0.4) is 0 Å². The van der Waals surface area contributed by atoms with Gasteiger partial charge in [0.05, 0.1) is 9.90 Å². The molecule has 0 saturated heterocycles. The Balaban J connectivity index is 3.05. The summed E-state index contributed by atoms with van der Waals surface area (Å²) in [5.41, 5.74) is 0.502. The van der Waals surface area contributed by atoms with E-state index in [-0.39, 0.29) is 4.88 Å². The molecule has 0 fully saturated rings. The van der Waals surface area contributed by atoms with Gasteiger partial charge in [0, 0.05) is 5.38 Å². The smallest absolute Gasteiger partial charge is 0.204 e. The molecule has 0 aliphatic heterocycles. The third-order valence-electron chi connectivity index (χ3n) is 1.22. The molecule has 0 spiro atoms. The zero-order valence-electron chi connectivity index (χ0n) is 5.20. The number of halogens is 3. The lowest BCUT2D eigenvalue weighted by molar-refractivity contribution is 0.155. The molecule has 1 aromatic heterocycles. The number of thiophene rings is 1. The average molecular weight is 183 g/mol. The first kappa shape index (κ1) is 7.95. The van der Waals surface area contributed by atoms with Crippen molar-refractivity contribution in [2.75, 3.05) is 0 Å². The summed E-state index contributed by atoms with van der Waals surface area (Å²) in [4.78, 5) is 0.0741. The fourth-order valence-corrected chi connectivity index (χ4v) is 1.71. The second-order valence-electron chi connectivity index (χ2n) is 1.87. The van der Waals surface area contributed by atoms with Gasteiger partial charge in [0.25, 0.3) is 6.43 Å². The lowest BCUT2D eigenvalue weighted by atomic mass is 10.3. The molecule has 4 heteroatoms. The van der Waals surface area contributed by atoms with Crippen molar-refractivity contribution in [3.63, 3.8) is 0 Å². The quantitative estimate of drug-likeness (QED) is 0.622. The molecule has 1 rings (SSSR count). The molecule has 1 aromatic rings. The summed E-state index contributed by atoms with van der Waals surface area (Å²) < 4.78 is 24.0. The Morgan fingerprint density at radius 2 is 2.20 bits per heavy atom. The lowest BCUT2D eigenvalue weighted by Gasteiger charge is -1.94. The molecule has 0 radical (unpaired) electrons. The van der Waals surface area contributed by atoms with E-state index in [0.29, 0.717) is 10.6 Å². The Labute approximate surface area is 66.4 Å². The molecule has 0 aliphatic carbocycles. The van der Waals surface area contributed by atoms with Crippen LogP contribution in [0.1, 0.15) is 16.9 Å². The van der Waals surface area contributed by atoms with Gasteiger partial charge < -0.3 is 0 Å². The van der Waals surface area contributed by atoms with E-state index < -0.39 is 6.43 Å². The summed E-state index contributed by atoms with van der Waals surface area (Å²) in [6.07, 6.45) is -2.39. The predicted octanol–water partition coefficient (Wildman–Crippen LogP) is 3.65. The zero-order valence-corrected chi connectivity index (χ0v) is 6.77. The molecule has 0 bridgehead atoms. The van der Waals surface area contributed by atoms with Gasteiger partial charge in [0.1, 0.15) is 0 Å². The van der Waals surface area contributed by atoms with Crippen LogP contribution in [0.2, 0.25) is 5.02 Å². The van der Waals surface area contributed by atoms with Crippen molar-refractivity contribution in [1.29, 1.82) is 0 Å². The zero-order chi connectivity index (χ0) is 7.72. The molecule has 0 saturated carbocycles. The summed E-state index contributed by atoms with van der Waals surface area (Å²) in [6, 6.07) is 0. The second-order valence-corrected chi connectivity index (χ2v) is 3.19. The van der Waals surface area contributed by atoms with E-state index in [1.54, 1.807) is 6.92 Å². The summed E-state index contributed by atoms with van der Waals surface area (Å²) in [7, 11) is 0. The fourth-order valence-electron chi connectivity index (χ4n) is 0.625. The van der Waals surface area contributed by atoms with Crippen LogP contribution in [0.5, 0.6) is 0 Å². The van der Waals surface area contributed by atoms with E-state index in [4.69, 9.17) is 11.6 Å². The van der Waals surface area contributed by atoms with Gasteiger partial charge >= 0.3 is 0 Å². The van der Waals surface area contributed by atoms with E-state index in [2.05, 4.69) is 0 Å². The minimum Gasteiger partial charge on any atom is -0.204 e. The second kappa shape index (κ2) is 2.84. The van der Waals surface area contributed by atoms with E-state index >= 15 is 0 Å². The highest BCUT2D eigenvalue weighted by molar-refractivity contribution is 7.10. The van der Waals surface area contributed by atoms with Crippen molar-refractivity contribution in [1.82, 2.24) is 0 Å². The molecule has 10 heavy (non-hydrogen) atoms. The number of hydrogen-bond donors (Lipinski definition) is 0. The third kappa shape index (κ3) is 1.30. The molecule has 0 amide bonds. The normalized spacial score (nSPS) is 10.9. The molecule has 0 aliphatic rings. The Morgan fingerprint density at radius 3 is 2.40 bits per heavy atom. The highest BCUT2D eigenvalue weighted by Gasteiger charge is 2.14. The third-order valence-corrected chi connectivity index (χ3v) is 2.83. The molecule has 1 heterocycles. The van der Waals surface area contributed by atoms with Gasteiger partial charge in [-0.3, -0.25) is 0 Å². The van der Waals surface area contributed by atoms with Crippen LogP contribution in [0.4, 0.5) is 8.78 Å². The van der Waals surface area contributed by atoms with Gasteiger partial charge in [0.2, 0.25) is 0 Å². The summed E-state index contributed by atoms with van der Waals surface area (Å²) in [5.74, 6) is 0. The van der Waals surface area contributed by atoms with Gasteiger partial charge in [-0.2, -0.15) is 0 Å². The maximum absolute atomic E-state index is 12.0. The van der Waals surface area contributed by atoms with E-state index in [9.17, 15) is 8.78 Å². The van der Waals surface area contributed by atoms with Gasteiger partial charge in [-0.15, -0.1) is 11.3 Å². The number of hydrogen-bond acceptors (Lipinski definition) is 1. The molecular weight excluding hydrogens is 178 g/mol. The molecular formula is C6H5ClF2S. The van der Waals surface area contributed by atoms with Crippen LogP contribution in [-0.2, 0) is 0 Å². The van der Waals surface area contributed by atoms with E-state index in [0.717, 1.165) is 11.3 Å². The highest BCUT2D eigenvalue weighted by Crippen LogP contribution is 2.33. The lowest BCUT2D eigenvalue weighted by Crippen LogP contribution is -1.80. The van der Waals surface area contributed by atoms with Crippen LogP contribution in [0.25, 0.3) is 0 Å². The van der Waals surface area contributed by atoms with Crippen molar-refractivity contribution in [3.05, 3.63) is 20.8 Å². The number of alkyl halides is 2. The maximum Gasteiger partial charge on any atom is 0.273 e. The first-order chi connectivity index (χ1) is 4.63. The largest absolute Gasteiger partial charge is 0.273 e. The molecule has 0 N–H and O–H groups in total. The van der Waals surface area contributed by atoms with Gasteiger partial charge in [-0.25, -0.2) is 8.78 Å². The first-order valence-electron chi connectivity index (χ1n) is 2.64. The Bertz CT molecular complexity index is 232. The van der Waals surface area contributed by atoms with Crippen molar-refractivity contribution in [3.8, 4) is 0 Å². The fraction of sp³-hybridized carbons (Fsp3) is 0.333. The molecule has 0 unspecified atom stereocenters. The molecule has 0 aromatic carbocycles. The van der Waals surface area contributed by atoms with Gasteiger partial charge in [-0.05, 0) is 12.5 Å². The Morgan fingerprint density at radius 1 is 1.60 bits per heavy atom. The van der Waals surface area contributed by atoms with Crippen LogP contribution < -0.4 is 0 Å². The summed E-state index contributed by atoms with van der Waals surface area (Å²) in [6.45, 7) is 1.60. The Hall–Kier alpha value is -0.150. The molecule has 0 atom stereocenters. The van der Waals surface area contributed by atoms with Crippen LogP contribution >= 0.6 is 22.9 Å². The van der Waals surface area contributed by atoms with Crippen LogP contribution in [0, 0.1) is 6.92 Å². The predicted molar refractivity (Wildman–Crippen MR) is 39.0 cm³/mol. The molecule has 56 valence electrons. The topological polar surface area (TPSA) is 0 Å². The standard InChI is InChI=1S/C6H5ClF2S/c1-3-4(7)2-10-5(3)6(8)9/h2,6H,1H3. The minimum absolute atomic E-state index is 0.0741. The molecule has 0 nitrogen and oxygen atoms in total.